The minimum atomic E-state index is -0.0145. The van der Waals surface area contributed by atoms with Crippen LogP contribution >= 0.6 is 24.0 Å². The zero-order valence-electron chi connectivity index (χ0n) is 13.1. The normalized spacial score (nSPS) is 11.6. The first kappa shape index (κ1) is 20.2. The molecular weight excluding hydrogens is 307 g/mol. The number of amides is 1. The molecule has 0 aliphatic rings. The Morgan fingerprint density at radius 2 is 2.05 bits per heavy atom. The smallest absolute Gasteiger partial charge is 0.226 e. The lowest BCUT2D eigenvalue weighted by atomic mass is 10.1. The second kappa shape index (κ2) is 10.9. The van der Waals surface area contributed by atoms with Gasteiger partial charge in [0.1, 0.15) is 0 Å². The van der Waals surface area contributed by atoms with Crippen LogP contribution in [0.25, 0.3) is 0 Å². The van der Waals surface area contributed by atoms with Crippen molar-refractivity contribution in [3.8, 4) is 0 Å². The zero-order chi connectivity index (χ0) is 15.0. The second-order valence-electron chi connectivity index (χ2n) is 5.16. The Hall–Kier alpha value is -0.770. The van der Waals surface area contributed by atoms with Crippen LogP contribution in [0.3, 0.4) is 0 Å². The molecule has 1 atom stereocenters. The van der Waals surface area contributed by atoms with Gasteiger partial charge in [-0.15, -0.1) is 12.4 Å². The van der Waals surface area contributed by atoms with E-state index in [2.05, 4.69) is 12.2 Å². The number of unbranched alkanes of at least 4 members (excludes halogenated alkanes) is 1. The Morgan fingerprint density at radius 1 is 1.38 bits per heavy atom. The standard InChI is InChI=1S/C16H25ClN2O.ClH/c1-4-5-10-19(16(20)13(2)11-18-3)12-14-8-6-7-9-15(14)17;/h6-9,13,18H,4-5,10-12H2,1-3H3;1H. The molecule has 0 aliphatic carbocycles. The number of benzene rings is 1. The highest BCUT2D eigenvalue weighted by molar-refractivity contribution is 6.31. The Labute approximate surface area is 139 Å². The number of halogens is 2. The number of carbonyl (C=O) groups is 1. The van der Waals surface area contributed by atoms with Crippen LogP contribution in [-0.4, -0.2) is 30.9 Å². The molecule has 0 aliphatic heterocycles. The summed E-state index contributed by atoms with van der Waals surface area (Å²) < 4.78 is 0. The van der Waals surface area contributed by atoms with Gasteiger partial charge >= 0.3 is 0 Å². The van der Waals surface area contributed by atoms with E-state index in [1.165, 1.54) is 0 Å². The maximum Gasteiger partial charge on any atom is 0.226 e. The molecule has 0 spiro atoms. The summed E-state index contributed by atoms with van der Waals surface area (Å²) in [6, 6.07) is 7.72. The van der Waals surface area contributed by atoms with Crippen molar-refractivity contribution in [3.63, 3.8) is 0 Å². The fourth-order valence-electron chi connectivity index (χ4n) is 2.15. The maximum atomic E-state index is 12.5. The molecular formula is C16H26Cl2N2O. The first-order chi connectivity index (χ1) is 9.60. The van der Waals surface area contributed by atoms with Crippen molar-refractivity contribution >= 4 is 29.9 Å². The van der Waals surface area contributed by atoms with Gasteiger partial charge in [-0.05, 0) is 25.1 Å². The monoisotopic (exact) mass is 332 g/mol. The van der Waals surface area contributed by atoms with Crippen LogP contribution in [0.1, 0.15) is 32.3 Å². The van der Waals surface area contributed by atoms with Crippen LogP contribution in [0.2, 0.25) is 5.02 Å². The van der Waals surface area contributed by atoms with Crippen molar-refractivity contribution in [1.29, 1.82) is 0 Å². The van der Waals surface area contributed by atoms with E-state index < -0.39 is 0 Å². The number of carbonyl (C=O) groups excluding carboxylic acids is 1. The number of rotatable bonds is 8. The Morgan fingerprint density at radius 3 is 2.62 bits per heavy atom. The van der Waals surface area contributed by atoms with Gasteiger partial charge in [-0.3, -0.25) is 4.79 Å². The molecule has 0 saturated heterocycles. The van der Waals surface area contributed by atoms with E-state index in [4.69, 9.17) is 11.6 Å². The fourth-order valence-corrected chi connectivity index (χ4v) is 2.35. The highest BCUT2D eigenvalue weighted by Crippen LogP contribution is 2.18. The molecule has 1 unspecified atom stereocenters. The largest absolute Gasteiger partial charge is 0.338 e. The van der Waals surface area contributed by atoms with Crippen LogP contribution in [0.15, 0.2) is 24.3 Å². The minimum absolute atomic E-state index is 0. The average Bonchev–Trinajstić information content (AvgIpc) is 2.45. The van der Waals surface area contributed by atoms with Crippen LogP contribution in [0, 0.1) is 5.92 Å². The van der Waals surface area contributed by atoms with Gasteiger partial charge < -0.3 is 10.2 Å². The minimum Gasteiger partial charge on any atom is -0.338 e. The van der Waals surface area contributed by atoms with Gasteiger partial charge in [0.25, 0.3) is 0 Å². The SMILES string of the molecule is CCCCN(Cc1ccccc1Cl)C(=O)C(C)CNC.Cl. The van der Waals surface area contributed by atoms with Crippen molar-refractivity contribution in [3.05, 3.63) is 34.9 Å². The third-order valence-corrected chi connectivity index (χ3v) is 3.71. The van der Waals surface area contributed by atoms with Crippen LogP contribution in [-0.2, 0) is 11.3 Å². The molecule has 0 fully saturated rings. The van der Waals surface area contributed by atoms with E-state index >= 15 is 0 Å². The van der Waals surface area contributed by atoms with Crippen molar-refractivity contribution in [2.75, 3.05) is 20.1 Å². The summed E-state index contributed by atoms with van der Waals surface area (Å²) in [5, 5.41) is 3.79. The lowest BCUT2D eigenvalue weighted by Crippen LogP contribution is -2.38. The molecule has 0 heterocycles. The molecule has 120 valence electrons. The molecule has 1 N–H and O–H groups in total. The number of nitrogens with zero attached hydrogens (tertiary/aromatic N) is 1. The molecule has 3 nitrogen and oxygen atoms in total. The van der Waals surface area contributed by atoms with Crippen LogP contribution < -0.4 is 5.32 Å². The fraction of sp³-hybridized carbons (Fsp3) is 0.562. The van der Waals surface area contributed by atoms with Gasteiger partial charge in [0.2, 0.25) is 5.91 Å². The molecule has 0 aromatic heterocycles. The van der Waals surface area contributed by atoms with Gasteiger partial charge in [-0.25, -0.2) is 0 Å². The summed E-state index contributed by atoms with van der Waals surface area (Å²) in [5.74, 6) is 0.173. The average molecular weight is 333 g/mol. The van der Waals surface area contributed by atoms with Crippen LogP contribution in [0.5, 0.6) is 0 Å². The lowest BCUT2D eigenvalue weighted by molar-refractivity contribution is -0.135. The predicted octanol–water partition coefficient (Wildman–Crippen LogP) is 3.75. The van der Waals surface area contributed by atoms with Crippen molar-refractivity contribution in [1.82, 2.24) is 10.2 Å². The number of hydrogen-bond acceptors (Lipinski definition) is 2. The van der Waals surface area contributed by atoms with E-state index in [9.17, 15) is 4.79 Å². The topological polar surface area (TPSA) is 32.3 Å². The highest BCUT2D eigenvalue weighted by Gasteiger charge is 2.20. The van der Waals surface area contributed by atoms with Gasteiger partial charge in [0, 0.05) is 30.6 Å². The van der Waals surface area contributed by atoms with Gasteiger partial charge in [-0.1, -0.05) is 50.1 Å². The Balaban J connectivity index is 0.00000400. The van der Waals surface area contributed by atoms with Crippen molar-refractivity contribution in [2.45, 2.75) is 33.2 Å². The van der Waals surface area contributed by atoms with E-state index in [1.807, 2.05) is 43.1 Å². The second-order valence-corrected chi connectivity index (χ2v) is 5.57. The van der Waals surface area contributed by atoms with Gasteiger partial charge in [-0.2, -0.15) is 0 Å². The number of hydrogen-bond donors (Lipinski definition) is 1. The summed E-state index contributed by atoms with van der Waals surface area (Å²) >= 11 is 6.20. The van der Waals surface area contributed by atoms with E-state index in [0.29, 0.717) is 13.1 Å². The summed E-state index contributed by atoms with van der Waals surface area (Å²) in [6.45, 7) is 6.17. The summed E-state index contributed by atoms with van der Waals surface area (Å²) in [5.41, 5.74) is 1.01. The zero-order valence-corrected chi connectivity index (χ0v) is 14.6. The van der Waals surface area contributed by atoms with Gasteiger partial charge in [0.05, 0.1) is 0 Å². The first-order valence-corrected chi connectivity index (χ1v) is 7.64. The van der Waals surface area contributed by atoms with E-state index in [1.54, 1.807) is 0 Å². The summed E-state index contributed by atoms with van der Waals surface area (Å²) in [7, 11) is 1.87. The van der Waals surface area contributed by atoms with E-state index in [-0.39, 0.29) is 24.2 Å². The van der Waals surface area contributed by atoms with E-state index in [0.717, 1.165) is 30.0 Å². The summed E-state index contributed by atoms with van der Waals surface area (Å²) in [6.07, 6.45) is 2.09. The molecule has 1 rings (SSSR count). The molecule has 21 heavy (non-hydrogen) atoms. The maximum absolute atomic E-state index is 12.5. The molecule has 1 aromatic carbocycles. The van der Waals surface area contributed by atoms with Crippen molar-refractivity contribution in [2.24, 2.45) is 5.92 Å². The molecule has 1 amide bonds. The third kappa shape index (κ3) is 6.68. The van der Waals surface area contributed by atoms with Gasteiger partial charge in [0.15, 0.2) is 0 Å². The number of nitrogens with one attached hydrogen (secondary N) is 1. The highest BCUT2D eigenvalue weighted by atomic mass is 35.5. The predicted molar refractivity (Wildman–Crippen MR) is 92.1 cm³/mol. The van der Waals surface area contributed by atoms with Crippen molar-refractivity contribution < 1.29 is 4.79 Å². The molecule has 5 heteroatoms. The molecule has 0 saturated carbocycles. The summed E-state index contributed by atoms with van der Waals surface area (Å²) in [4.78, 5) is 14.4. The third-order valence-electron chi connectivity index (χ3n) is 3.34. The molecule has 1 aromatic rings. The molecule has 0 radical (unpaired) electrons. The quantitative estimate of drug-likeness (QED) is 0.786. The lowest BCUT2D eigenvalue weighted by Gasteiger charge is -2.26. The Kier molecular flexibility index (Phi) is 10.5. The first-order valence-electron chi connectivity index (χ1n) is 7.27. The molecule has 0 bridgehead atoms. The Bertz CT molecular complexity index is 426. The van der Waals surface area contributed by atoms with Crippen LogP contribution in [0.4, 0.5) is 0 Å².